The number of nitrogen functional groups attached to an aromatic ring is 1. The normalized spacial score (nSPS) is 11.4. The summed E-state index contributed by atoms with van der Waals surface area (Å²) in [7, 11) is 0. The number of nitrogens with two attached hydrogens (primary N) is 1. The second-order valence-corrected chi connectivity index (χ2v) is 9.14. The molecule has 0 fully saturated rings. The Kier molecular flexibility index (Phi) is 6.40. The molecule has 2 aromatic heterocycles. The lowest BCUT2D eigenvalue weighted by atomic mass is 10.0. The Bertz CT molecular complexity index is 1420. The third kappa shape index (κ3) is 5.38. The lowest BCUT2D eigenvalue weighted by molar-refractivity contribution is 0.262. The highest BCUT2D eigenvalue weighted by Crippen LogP contribution is 2.35. The second-order valence-electron chi connectivity index (χ2n) is 8.70. The molecular weight excluding hydrogens is 476 g/mol. The first-order valence-corrected chi connectivity index (χ1v) is 10.9. The molecule has 0 radical (unpaired) electrons. The molecule has 0 saturated carbocycles. The fraction of sp³-hybridized carbons (Fsp3) is 0.167. The van der Waals surface area contributed by atoms with Gasteiger partial charge < -0.3 is 16.4 Å². The van der Waals surface area contributed by atoms with Crippen molar-refractivity contribution < 1.29 is 13.6 Å². The summed E-state index contributed by atoms with van der Waals surface area (Å²) in [6.07, 6.45) is 3.20. The molecule has 11 heteroatoms. The molecule has 4 aromatic rings. The van der Waals surface area contributed by atoms with Gasteiger partial charge in [-0.1, -0.05) is 11.6 Å². The molecule has 2 amide bonds. The molecule has 8 nitrogen and oxygen atoms in total. The molecule has 0 unspecified atom stereocenters. The van der Waals surface area contributed by atoms with E-state index in [1.54, 1.807) is 16.9 Å². The molecule has 0 bridgehead atoms. The van der Waals surface area contributed by atoms with Gasteiger partial charge in [0, 0.05) is 34.2 Å². The van der Waals surface area contributed by atoms with Gasteiger partial charge in [-0.2, -0.15) is 5.10 Å². The molecule has 2 heterocycles. The molecule has 0 aliphatic rings. The van der Waals surface area contributed by atoms with Crippen LogP contribution in [0.4, 0.5) is 30.9 Å². The van der Waals surface area contributed by atoms with Crippen LogP contribution in [0, 0.1) is 11.6 Å². The van der Waals surface area contributed by atoms with Gasteiger partial charge in [0.1, 0.15) is 17.3 Å². The van der Waals surface area contributed by atoms with Crippen LogP contribution in [0.2, 0.25) is 5.02 Å². The lowest BCUT2D eigenvalue weighted by Crippen LogP contribution is -2.22. The number of hydrogen-bond acceptors (Lipinski definition) is 5. The average molecular weight is 498 g/mol. The van der Waals surface area contributed by atoms with E-state index in [0.29, 0.717) is 17.0 Å². The summed E-state index contributed by atoms with van der Waals surface area (Å²) in [6, 6.07) is 8.88. The molecule has 4 N–H and O–H groups in total. The summed E-state index contributed by atoms with van der Waals surface area (Å²) >= 11 is 5.74. The maximum atomic E-state index is 15.0. The first-order valence-electron chi connectivity index (χ1n) is 10.5. The van der Waals surface area contributed by atoms with E-state index in [0.717, 1.165) is 6.07 Å². The van der Waals surface area contributed by atoms with E-state index in [-0.39, 0.29) is 27.9 Å². The van der Waals surface area contributed by atoms with E-state index in [4.69, 9.17) is 17.3 Å². The van der Waals surface area contributed by atoms with Crippen LogP contribution in [-0.4, -0.2) is 25.8 Å². The minimum absolute atomic E-state index is 0.0516. The van der Waals surface area contributed by atoms with Gasteiger partial charge in [-0.15, -0.1) is 0 Å². The quantitative estimate of drug-likeness (QED) is 0.324. The van der Waals surface area contributed by atoms with Crippen LogP contribution in [-0.2, 0) is 5.54 Å². The zero-order chi connectivity index (χ0) is 25.3. The van der Waals surface area contributed by atoms with Gasteiger partial charge in [0.05, 0.1) is 16.9 Å². The summed E-state index contributed by atoms with van der Waals surface area (Å²) < 4.78 is 30.7. The SMILES string of the molecule is CC(C)(C)n1cc(-c2cc(NC(=O)Nc3ccc(Cl)cc3F)ccc2F)c(-c2ccnc(N)n2)n1. The number of nitrogens with one attached hydrogen (secondary N) is 2. The minimum Gasteiger partial charge on any atom is -0.368 e. The van der Waals surface area contributed by atoms with Crippen LogP contribution in [0.15, 0.2) is 54.9 Å². The molecule has 35 heavy (non-hydrogen) atoms. The van der Waals surface area contributed by atoms with Gasteiger partial charge in [-0.25, -0.2) is 23.5 Å². The molecule has 2 aromatic carbocycles. The minimum atomic E-state index is -0.710. The maximum absolute atomic E-state index is 15.0. The van der Waals surface area contributed by atoms with Crippen LogP contribution in [0.3, 0.4) is 0 Å². The van der Waals surface area contributed by atoms with Crippen LogP contribution in [0.5, 0.6) is 0 Å². The Morgan fingerprint density at radius 1 is 1.03 bits per heavy atom. The lowest BCUT2D eigenvalue weighted by Gasteiger charge is -2.18. The van der Waals surface area contributed by atoms with E-state index in [1.165, 1.54) is 36.5 Å². The van der Waals surface area contributed by atoms with E-state index in [1.807, 2.05) is 20.8 Å². The Morgan fingerprint density at radius 3 is 2.49 bits per heavy atom. The molecule has 180 valence electrons. The second kappa shape index (κ2) is 9.30. The first kappa shape index (κ1) is 24.1. The maximum Gasteiger partial charge on any atom is 0.323 e. The number of amides is 2. The highest BCUT2D eigenvalue weighted by molar-refractivity contribution is 6.30. The van der Waals surface area contributed by atoms with Gasteiger partial charge in [0.2, 0.25) is 5.95 Å². The number of benzene rings is 2. The van der Waals surface area contributed by atoms with Gasteiger partial charge in [0.15, 0.2) is 0 Å². The number of rotatable bonds is 4. The third-order valence-electron chi connectivity index (χ3n) is 5.01. The number of urea groups is 1. The number of nitrogens with zero attached hydrogens (tertiary/aromatic N) is 4. The summed E-state index contributed by atoms with van der Waals surface area (Å²) in [6.45, 7) is 5.86. The van der Waals surface area contributed by atoms with Crippen molar-refractivity contribution in [1.82, 2.24) is 19.7 Å². The molecular formula is C24H22ClF2N7O. The van der Waals surface area contributed by atoms with E-state index in [9.17, 15) is 9.18 Å². The van der Waals surface area contributed by atoms with Gasteiger partial charge in [-0.05, 0) is 63.2 Å². The van der Waals surface area contributed by atoms with Crippen LogP contribution in [0.25, 0.3) is 22.5 Å². The molecule has 0 atom stereocenters. The Morgan fingerprint density at radius 2 is 1.80 bits per heavy atom. The van der Waals surface area contributed by atoms with Crippen molar-refractivity contribution in [3.05, 3.63) is 71.5 Å². The third-order valence-corrected chi connectivity index (χ3v) is 5.25. The number of halogens is 3. The first-order chi connectivity index (χ1) is 16.5. The fourth-order valence-corrected chi connectivity index (χ4v) is 3.45. The van der Waals surface area contributed by atoms with Crippen LogP contribution in [0.1, 0.15) is 20.8 Å². The number of hydrogen-bond donors (Lipinski definition) is 3. The Hall–Kier alpha value is -4.05. The Labute approximate surface area is 205 Å². The highest BCUT2D eigenvalue weighted by atomic mass is 35.5. The summed E-state index contributed by atoms with van der Waals surface area (Å²) in [4.78, 5) is 20.6. The van der Waals surface area contributed by atoms with Crippen LogP contribution >= 0.6 is 11.6 Å². The largest absolute Gasteiger partial charge is 0.368 e. The number of carbonyl (C=O) groups excluding carboxylic acids is 1. The number of carbonyl (C=O) groups is 1. The van der Waals surface area contributed by atoms with E-state index in [2.05, 4.69) is 25.7 Å². The average Bonchev–Trinajstić information content (AvgIpc) is 3.23. The molecule has 4 rings (SSSR count). The van der Waals surface area contributed by atoms with Crippen molar-refractivity contribution >= 4 is 35.0 Å². The predicted molar refractivity (Wildman–Crippen MR) is 132 cm³/mol. The monoisotopic (exact) mass is 497 g/mol. The zero-order valence-corrected chi connectivity index (χ0v) is 19.9. The topological polar surface area (TPSA) is 111 Å². The van der Waals surface area contributed by atoms with E-state index >= 15 is 4.39 Å². The van der Waals surface area contributed by atoms with Crippen molar-refractivity contribution in [2.75, 3.05) is 16.4 Å². The molecule has 0 saturated heterocycles. The van der Waals surface area contributed by atoms with Crippen molar-refractivity contribution in [3.63, 3.8) is 0 Å². The molecule has 0 aliphatic heterocycles. The summed E-state index contributed by atoms with van der Waals surface area (Å²) in [5.41, 5.74) is 7.03. The van der Waals surface area contributed by atoms with Crippen molar-refractivity contribution in [1.29, 1.82) is 0 Å². The summed E-state index contributed by atoms with van der Waals surface area (Å²) in [5.74, 6) is -1.16. The van der Waals surface area contributed by atoms with Crippen molar-refractivity contribution in [3.8, 4) is 22.5 Å². The van der Waals surface area contributed by atoms with Crippen LogP contribution < -0.4 is 16.4 Å². The molecule has 0 aliphatic carbocycles. The van der Waals surface area contributed by atoms with Crippen molar-refractivity contribution in [2.24, 2.45) is 0 Å². The molecule has 0 spiro atoms. The van der Waals surface area contributed by atoms with Crippen molar-refractivity contribution in [2.45, 2.75) is 26.3 Å². The van der Waals surface area contributed by atoms with Gasteiger partial charge in [-0.3, -0.25) is 4.68 Å². The standard InChI is InChI=1S/C24H22ClF2N7O/c1-24(2,3)34-12-16(21(33-34)20-8-9-29-22(28)31-20)15-11-14(5-6-17(15)26)30-23(35)32-19-7-4-13(25)10-18(19)27/h4-12H,1-3H3,(H2,28,29,31)(H2,30,32,35). The highest BCUT2D eigenvalue weighted by Gasteiger charge is 2.23. The summed E-state index contributed by atoms with van der Waals surface area (Å²) in [5, 5.41) is 9.82. The van der Waals surface area contributed by atoms with Gasteiger partial charge in [0.25, 0.3) is 0 Å². The predicted octanol–water partition coefficient (Wildman–Crippen LogP) is 5.92. The van der Waals surface area contributed by atoms with Gasteiger partial charge >= 0.3 is 6.03 Å². The number of anilines is 3. The number of aromatic nitrogens is 4. The fourth-order valence-electron chi connectivity index (χ4n) is 3.29. The Balaban J connectivity index is 1.70. The smallest absolute Gasteiger partial charge is 0.323 e. The van der Waals surface area contributed by atoms with E-state index < -0.39 is 23.2 Å². The zero-order valence-electron chi connectivity index (χ0n) is 19.1.